The Kier molecular flexibility index (Phi) is 8.90. The Morgan fingerprint density at radius 1 is 1.10 bits per heavy atom. The number of carbonyl (C=O) groups excluding carboxylic acids is 1. The third-order valence-electron chi connectivity index (χ3n) is 4.87. The van der Waals surface area contributed by atoms with E-state index in [2.05, 4.69) is 38.1 Å². The molecule has 1 aliphatic rings. The number of hydrogen-bond acceptors (Lipinski definition) is 6. The number of nitrogens with zero attached hydrogens (tertiary/aromatic N) is 4. The number of benzene rings is 1. The first-order valence-electron chi connectivity index (χ1n) is 10.2. The third kappa shape index (κ3) is 6.93. The second-order valence-corrected chi connectivity index (χ2v) is 8.90. The van der Waals surface area contributed by atoms with E-state index in [0.29, 0.717) is 16.9 Å². The molecule has 1 aromatic heterocycles. The van der Waals surface area contributed by atoms with Gasteiger partial charge in [-0.1, -0.05) is 60.8 Å². The first-order valence-corrected chi connectivity index (χ1v) is 12.0. The zero-order valence-electron chi connectivity index (χ0n) is 17.1. The molecule has 2 aromatic rings. The molecule has 0 unspecified atom stereocenters. The molecule has 0 atom stereocenters. The molecule has 1 aromatic carbocycles. The second-order valence-electron chi connectivity index (χ2n) is 7.13. The predicted molar refractivity (Wildman–Crippen MR) is 126 cm³/mol. The Bertz CT molecular complexity index is 846. The highest BCUT2D eigenvalue weighted by molar-refractivity contribution is 7.99. The van der Waals surface area contributed by atoms with Crippen LogP contribution in [0, 0.1) is 0 Å². The van der Waals surface area contributed by atoms with Crippen molar-refractivity contribution in [3.63, 3.8) is 0 Å². The zero-order chi connectivity index (χ0) is 21.3. The molecule has 0 bridgehead atoms. The van der Waals surface area contributed by atoms with Crippen LogP contribution in [0.1, 0.15) is 26.2 Å². The quantitative estimate of drug-likeness (QED) is 0.253. The Balaban J connectivity index is 1.53. The summed E-state index contributed by atoms with van der Waals surface area (Å²) in [7, 11) is 0. The molecule has 0 saturated carbocycles. The molecule has 0 aliphatic carbocycles. The lowest BCUT2D eigenvalue weighted by Gasteiger charge is -2.36. The summed E-state index contributed by atoms with van der Waals surface area (Å²) in [6.45, 7) is 6.23. The highest BCUT2D eigenvalue weighted by Crippen LogP contribution is 2.25. The fourth-order valence-electron chi connectivity index (χ4n) is 3.26. The smallest absolute Gasteiger partial charge is 0.230 e. The van der Waals surface area contributed by atoms with Crippen LogP contribution in [0.4, 0.5) is 11.5 Å². The van der Waals surface area contributed by atoms with E-state index in [1.54, 1.807) is 6.07 Å². The number of rotatable bonds is 9. The summed E-state index contributed by atoms with van der Waals surface area (Å²) in [4.78, 5) is 25.4. The van der Waals surface area contributed by atoms with Gasteiger partial charge in [-0.05, 0) is 24.6 Å². The SMILES string of the molecule is CCCCCNC(=O)CSc1nc(Cl)cc(N2CCN(c3cccc(Cl)c3)CC2)n1. The highest BCUT2D eigenvalue weighted by Gasteiger charge is 2.20. The van der Waals surface area contributed by atoms with E-state index in [1.807, 2.05) is 18.2 Å². The van der Waals surface area contributed by atoms with Crippen LogP contribution in [-0.2, 0) is 4.79 Å². The van der Waals surface area contributed by atoms with Crippen LogP contribution >= 0.6 is 35.0 Å². The molecular weight excluding hydrogens is 441 g/mol. The minimum atomic E-state index is -0.00337. The van der Waals surface area contributed by atoms with Gasteiger partial charge >= 0.3 is 0 Å². The minimum absolute atomic E-state index is 0.00337. The van der Waals surface area contributed by atoms with Crippen LogP contribution in [0.3, 0.4) is 0 Å². The van der Waals surface area contributed by atoms with Crippen molar-refractivity contribution < 1.29 is 4.79 Å². The molecule has 2 heterocycles. The minimum Gasteiger partial charge on any atom is -0.368 e. The Morgan fingerprint density at radius 2 is 1.87 bits per heavy atom. The zero-order valence-corrected chi connectivity index (χ0v) is 19.4. The molecule has 1 N–H and O–H groups in total. The largest absolute Gasteiger partial charge is 0.368 e. The van der Waals surface area contributed by atoms with Crippen molar-refractivity contribution in [3.8, 4) is 0 Å². The van der Waals surface area contributed by atoms with Crippen LogP contribution in [0.25, 0.3) is 0 Å². The number of halogens is 2. The number of carbonyl (C=O) groups is 1. The summed E-state index contributed by atoms with van der Waals surface area (Å²) in [6, 6.07) is 9.70. The molecular formula is C21H27Cl2N5OS. The summed E-state index contributed by atoms with van der Waals surface area (Å²) < 4.78 is 0. The maximum absolute atomic E-state index is 12.0. The number of anilines is 2. The normalized spacial score (nSPS) is 14.1. The summed E-state index contributed by atoms with van der Waals surface area (Å²) in [5, 5.41) is 4.59. The molecule has 0 spiro atoms. The van der Waals surface area contributed by atoms with Crippen LogP contribution in [0.15, 0.2) is 35.5 Å². The number of nitrogens with one attached hydrogen (secondary N) is 1. The Morgan fingerprint density at radius 3 is 2.60 bits per heavy atom. The van der Waals surface area contributed by atoms with Crippen LogP contribution < -0.4 is 15.1 Å². The topological polar surface area (TPSA) is 61.4 Å². The molecule has 1 aliphatic heterocycles. The summed E-state index contributed by atoms with van der Waals surface area (Å²) in [5.74, 6) is 1.08. The summed E-state index contributed by atoms with van der Waals surface area (Å²) >= 11 is 13.7. The van der Waals surface area contributed by atoms with Gasteiger partial charge in [-0.25, -0.2) is 9.97 Å². The second kappa shape index (κ2) is 11.6. The number of amides is 1. The van der Waals surface area contributed by atoms with Gasteiger partial charge in [-0.3, -0.25) is 4.79 Å². The standard InChI is InChI=1S/C21H27Cl2N5OS/c1-2-3-4-8-24-20(29)15-30-21-25-18(23)14-19(26-21)28-11-9-27(10-12-28)17-7-5-6-16(22)13-17/h5-7,13-14H,2-4,8-12,15H2,1H3,(H,24,29). The van der Waals surface area contributed by atoms with E-state index in [4.69, 9.17) is 23.2 Å². The average Bonchev–Trinajstić information content (AvgIpc) is 2.75. The number of thioether (sulfide) groups is 1. The first kappa shape index (κ1) is 23.0. The molecule has 6 nitrogen and oxygen atoms in total. The van der Waals surface area contributed by atoms with Gasteiger partial charge in [0.15, 0.2) is 5.16 Å². The molecule has 1 amide bonds. The number of aromatic nitrogens is 2. The number of hydrogen-bond donors (Lipinski definition) is 1. The molecule has 1 saturated heterocycles. The van der Waals surface area contributed by atoms with Gasteiger partial charge in [0.1, 0.15) is 11.0 Å². The van der Waals surface area contributed by atoms with Gasteiger partial charge in [0.25, 0.3) is 0 Å². The van der Waals surface area contributed by atoms with Crippen molar-refractivity contribution in [2.45, 2.75) is 31.3 Å². The van der Waals surface area contributed by atoms with Gasteiger partial charge in [0, 0.05) is 49.5 Å². The maximum atomic E-state index is 12.0. The number of unbranched alkanes of at least 4 members (excludes halogenated alkanes) is 2. The lowest BCUT2D eigenvalue weighted by molar-refractivity contribution is -0.118. The van der Waals surface area contributed by atoms with Gasteiger partial charge in [0.2, 0.25) is 5.91 Å². The third-order valence-corrected chi connectivity index (χ3v) is 6.15. The molecule has 3 rings (SSSR count). The van der Waals surface area contributed by atoms with Gasteiger partial charge < -0.3 is 15.1 Å². The highest BCUT2D eigenvalue weighted by atomic mass is 35.5. The summed E-state index contributed by atoms with van der Waals surface area (Å²) in [5.41, 5.74) is 1.13. The van der Waals surface area contributed by atoms with E-state index in [1.165, 1.54) is 11.8 Å². The molecule has 1 fully saturated rings. The van der Waals surface area contributed by atoms with Crippen molar-refractivity contribution in [3.05, 3.63) is 40.5 Å². The van der Waals surface area contributed by atoms with E-state index in [0.717, 1.165) is 62.0 Å². The Hall–Kier alpha value is -1.70. The van der Waals surface area contributed by atoms with Crippen LogP contribution in [0.2, 0.25) is 10.2 Å². The predicted octanol–water partition coefficient (Wildman–Crippen LogP) is 4.51. The van der Waals surface area contributed by atoms with E-state index in [9.17, 15) is 4.79 Å². The summed E-state index contributed by atoms with van der Waals surface area (Å²) in [6.07, 6.45) is 3.27. The van der Waals surface area contributed by atoms with Crippen molar-refractivity contribution in [1.29, 1.82) is 0 Å². The fraction of sp³-hybridized carbons (Fsp3) is 0.476. The first-order chi connectivity index (χ1) is 14.5. The molecule has 30 heavy (non-hydrogen) atoms. The van der Waals surface area contributed by atoms with Crippen molar-refractivity contribution in [1.82, 2.24) is 15.3 Å². The monoisotopic (exact) mass is 467 g/mol. The molecule has 9 heteroatoms. The fourth-order valence-corrected chi connectivity index (χ4v) is 4.36. The molecule has 0 radical (unpaired) electrons. The van der Waals surface area contributed by atoms with E-state index >= 15 is 0 Å². The Labute approximate surface area is 192 Å². The van der Waals surface area contributed by atoms with E-state index in [-0.39, 0.29) is 11.7 Å². The van der Waals surface area contributed by atoms with Gasteiger partial charge in [0.05, 0.1) is 5.75 Å². The number of piperazine rings is 1. The van der Waals surface area contributed by atoms with Crippen LogP contribution in [0.5, 0.6) is 0 Å². The van der Waals surface area contributed by atoms with Gasteiger partial charge in [-0.2, -0.15) is 0 Å². The van der Waals surface area contributed by atoms with E-state index < -0.39 is 0 Å². The van der Waals surface area contributed by atoms with Crippen molar-refractivity contribution in [2.75, 3.05) is 48.3 Å². The van der Waals surface area contributed by atoms with Crippen LogP contribution in [-0.4, -0.2) is 54.4 Å². The lowest BCUT2D eigenvalue weighted by Crippen LogP contribution is -2.46. The van der Waals surface area contributed by atoms with Crippen molar-refractivity contribution in [2.24, 2.45) is 0 Å². The lowest BCUT2D eigenvalue weighted by atomic mass is 10.2. The average molecular weight is 468 g/mol. The maximum Gasteiger partial charge on any atom is 0.230 e. The van der Waals surface area contributed by atoms with Crippen molar-refractivity contribution >= 4 is 52.4 Å². The molecule has 162 valence electrons. The van der Waals surface area contributed by atoms with Gasteiger partial charge in [-0.15, -0.1) is 0 Å².